The van der Waals surface area contributed by atoms with Crippen LogP contribution in [-0.4, -0.2) is 29.1 Å². The van der Waals surface area contributed by atoms with Gasteiger partial charge in [0.1, 0.15) is 0 Å². The molecule has 0 aliphatic carbocycles. The van der Waals surface area contributed by atoms with Crippen molar-refractivity contribution in [1.82, 2.24) is 29.1 Å². The highest BCUT2D eigenvalue weighted by Gasteiger charge is 2.22. The molecule has 0 spiro atoms. The summed E-state index contributed by atoms with van der Waals surface area (Å²) in [5, 5.41) is 6.73. The summed E-state index contributed by atoms with van der Waals surface area (Å²) < 4.78 is 11.9. The smallest absolute Gasteiger partial charge is 0.159 e. The minimum atomic E-state index is 0.832. The molecule has 0 atom stereocenters. The first-order chi connectivity index (χ1) is 31.2. The van der Waals surface area contributed by atoms with Crippen molar-refractivity contribution in [2.45, 2.75) is 0 Å². The molecule has 7 nitrogen and oxygen atoms in total. The summed E-state index contributed by atoms with van der Waals surface area (Å²) in [7, 11) is 0. The minimum absolute atomic E-state index is 0.832. The molecule has 294 valence electrons. The van der Waals surface area contributed by atoms with Crippen LogP contribution in [0, 0.1) is 0 Å². The first kappa shape index (κ1) is 35.1. The second-order valence-corrected chi connectivity index (χ2v) is 15.8. The van der Waals surface area contributed by atoms with E-state index >= 15 is 0 Å². The summed E-state index contributed by atoms with van der Waals surface area (Å²) in [6, 6.07) is 67.5. The second kappa shape index (κ2) is 13.9. The molecule has 13 rings (SSSR count). The molecule has 0 saturated carbocycles. The van der Waals surface area contributed by atoms with E-state index in [0.29, 0.717) is 0 Å². The van der Waals surface area contributed by atoms with Crippen molar-refractivity contribution in [3.8, 4) is 56.7 Å². The Kier molecular flexibility index (Phi) is 7.77. The highest BCUT2D eigenvalue weighted by molar-refractivity contribution is 6.16. The lowest BCUT2D eigenvalue weighted by Crippen LogP contribution is -1.94. The van der Waals surface area contributed by atoms with Crippen molar-refractivity contribution in [2.75, 3.05) is 0 Å². The predicted molar refractivity (Wildman–Crippen MR) is 255 cm³/mol. The van der Waals surface area contributed by atoms with Gasteiger partial charge in [0.25, 0.3) is 0 Å². The third-order valence-electron chi connectivity index (χ3n) is 12.3. The molecular formula is C56H34N6O. The van der Waals surface area contributed by atoms with Gasteiger partial charge in [-0.1, -0.05) is 97.1 Å². The number of nitrogens with zero attached hydrogens (tertiary/aromatic N) is 6. The zero-order valence-electron chi connectivity index (χ0n) is 33.7. The average molecular weight is 807 g/mol. The molecule has 7 heterocycles. The number of pyridine rings is 4. The number of furan rings is 1. The van der Waals surface area contributed by atoms with Crippen LogP contribution in [0.4, 0.5) is 0 Å². The maximum absolute atomic E-state index is 7.18. The van der Waals surface area contributed by atoms with Gasteiger partial charge in [-0.2, -0.15) is 0 Å². The molecule has 0 bridgehead atoms. The number of benzene rings is 6. The highest BCUT2D eigenvalue weighted by atomic mass is 16.3. The minimum Gasteiger partial charge on any atom is -0.452 e. The van der Waals surface area contributed by atoms with Gasteiger partial charge in [0, 0.05) is 55.8 Å². The van der Waals surface area contributed by atoms with Crippen molar-refractivity contribution < 1.29 is 4.42 Å². The quantitative estimate of drug-likeness (QED) is 0.167. The molecule has 0 radical (unpaired) electrons. The molecule has 0 saturated heterocycles. The summed E-state index contributed by atoms with van der Waals surface area (Å²) in [6.07, 6.45) is 3.61. The van der Waals surface area contributed by atoms with Crippen LogP contribution in [0.2, 0.25) is 0 Å². The molecule has 0 unspecified atom stereocenters. The molecular weight excluding hydrogens is 773 g/mol. The lowest BCUT2D eigenvalue weighted by atomic mass is 10.1. The van der Waals surface area contributed by atoms with Gasteiger partial charge in [-0.05, 0) is 97.1 Å². The van der Waals surface area contributed by atoms with Crippen LogP contribution in [0.1, 0.15) is 0 Å². The highest BCUT2D eigenvalue weighted by Crippen LogP contribution is 2.42. The predicted octanol–water partition coefficient (Wildman–Crippen LogP) is 14.0. The van der Waals surface area contributed by atoms with Crippen molar-refractivity contribution in [3.05, 3.63) is 207 Å². The molecule has 0 aliphatic heterocycles. The standard InChI is InChI=1S/C56H34N6O/c1-3-23-49-37(13-1)41-33-35(43-19-11-21-47(59-43)45-17-5-7-31-57-45)27-29-51(41)61(49)53-25-9-15-39-40-16-10-26-54(56(40)63-55(39)53)62-50-24-4-2-14-38(50)42-34-36(28-30-52(42)62)44-20-12-22-48(60-44)46-18-6-8-32-58-46/h1-34H. The summed E-state index contributed by atoms with van der Waals surface area (Å²) in [5.74, 6) is 0. The normalized spacial score (nSPS) is 11.8. The van der Waals surface area contributed by atoms with E-state index in [4.69, 9.17) is 14.4 Å². The molecule has 0 amide bonds. The number of rotatable bonds is 6. The van der Waals surface area contributed by atoms with Crippen LogP contribution in [-0.2, 0) is 0 Å². The lowest BCUT2D eigenvalue weighted by Gasteiger charge is -2.10. The van der Waals surface area contributed by atoms with Gasteiger partial charge >= 0.3 is 0 Å². The SMILES string of the molecule is c1ccc(-c2cccc(-c3ccc4c(c3)c3ccccc3n4-c3cccc4c3oc3c(-n5c6ccccc6c6cc(-c7cccc(-c8ccccn8)n7)ccc65)cccc34)n2)nc1. The van der Waals surface area contributed by atoms with Crippen molar-refractivity contribution >= 4 is 65.6 Å². The van der Waals surface area contributed by atoms with E-state index in [-0.39, 0.29) is 0 Å². The lowest BCUT2D eigenvalue weighted by molar-refractivity contribution is 0.664. The summed E-state index contributed by atoms with van der Waals surface area (Å²) in [5.41, 5.74) is 15.3. The van der Waals surface area contributed by atoms with E-state index in [1.54, 1.807) is 12.4 Å². The van der Waals surface area contributed by atoms with E-state index in [1.807, 2.05) is 48.5 Å². The Morgan fingerprint density at radius 2 is 0.698 bits per heavy atom. The number of para-hydroxylation sites is 4. The van der Waals surface area contributed by atoms with Crippen LogP contribution < -0.4 is 0 Å². The molecule has 7 aromatic heterocycles. The first-order valence-corrected chi connectivity index (χ1v) is 21.0. The van der Waals surface area contributed by atoms with Gasteiger partial charge in [-0.15, -0.1) is 0 Å². The zero-order valence-corrected chi connectivity index (χ0v) is 33.7. The van der Waals surface area contributed by atoms with Crippen LogP contribution in [0.3, 0.4) is 0 Å². The van der Waals surface area contributed by atoms with Gasteiger partial charge in [-0.25, -0.2) is 9.97 Å². The number of hydrogen-bond donors (Lipinski definition) is 0. The summed E-state index contributed by atoms with van der Waals surface area (Å²) in [4.78, 5) is 19.2. The molecule has 7 heteroatoms. The zero-order chi connectivity index (χ0) is 41.4. The second-order valence-electron chi connectivity index (χ2n) is 15.8. The first-order valence-electron chi connectivity index (χ1n) is 21.0. The maximum atomic E-state index is 7.18. The average Bonchev–Trinajstić information content (AvgIpc) is 4.02. The third-order valence-corrected chi connectivity index (χ3v) is 12.3. The molecule has 13 aromatic rings. The Balaban J connectivity index is 0.972. The largest absolute Gasteiger partial charge is 0.452 e. The Morgan fingerprint density at radius 3 is 1.17 bits per heavy atom. The van der Waals surface area contributed by atoms with E-state index in [9.17, 15) is 0 Å². The summed E-state index contributed by atoms with van der Waals surface area (Å²) >= 11 is 0. The molecule has 0 N–H and O–H groups in total. The molecule has 0 fully saturated rings. The van der Waals surface area contributed by atoms with Crippen molar-refractivity contribution in [3.63, 3.8) is 0 Å². The molecule has 63 heavy (non-hydrogen) atoms. The van der Waals surface area contributed by atoms with Gasteiger partial charge in [0.05, 0.1) is 67.6 Å². The van der Waals surface area contributed by atoms with Gasteiger partial charge in [-0.3, -0.25) is 9.97 Å². The fraction of sp³-hybridized carbons (Fsp3) is 0. The Labute approximate surface area is 360 Å². The van der Waals surface area contributed by atoms with Gasteiger partial charge in [0.2, 0.25) is 0 Å². The Bertz CT molecular complexity index is 3670. The molecule has 6 aromatic carbocycles. The topological polar surface area (TPSA) is 74.6 Å². The van der Waals surface area contributed by atoms with Gasteiger partial charge < -0.3 is 13.6 Å². The van der Waals surface area contributed by atoms with E-state index < -0.39 is 0 Å². The Hall–Kier alpha value is -8.68. The van der Waals surface area contributed by atoms with Crippen molar-refractivity contribution in [1.29, 1.82) is 0 Å². The van der Waals surface area contributed by atoms with E-state index in [2.05, 4.69) is 165 Å². The maximum Gasteiger partial charge on any atom is 0.159 e. The number of hydrogen-bond acceptors (Lipinski definition) is 5. The van der Waals surface area contributed by atoms with Gasteiger partial charge in [0.15, 0.2) is 11.2 Å². The number of fused-ring (bicyclic) bond motifs is 9. The fourth-order valence-corrected chi connectivity index (χ4v) is 9.43. The monoisotopic (exact) mass is 806 g/mol. The summed E-state index contributed by atoms with van der Waals surface area (Å²) in [6.45, 7) is 0. The van der Waals surface area contributed by atoms with Crippen LogP contribution in [0.25, 0.3) is 122 Å². The number of aromatic nitrogens is 6. The van der Waals surface area contributed by atoms with Crippen molar-refractivity contribution in [2.24, 2.45) is 0 Å². The van der Waals surface area contributed by atoms with Crippen LogP contribution in [0.5, 0.6) is 0 Å². The molecule has 0 aliphatic rings. The fourth-order valence-electron chi connectivity index (χ4n) is 9.43. The van der Waals surface area contributed by atoms with E-state index in [0.717, 1.165) is 122 Å². The van der Waals surface area contributed by atoms with Crippen LogP contribution >= 0.6 is 0 Å². The van der Waals surface area contributed by atoms with Crippen LogP contribution in [0.15, 0.2) is 211 Å². The van der Waals surface area contributed by atoms with E-state index in [1.165, 1.54) is 0 Å². The third kappa shape index (κ3) is 5.53. The Morgan fingerprint density at radius 1 is 0.302 bits per heavy atom.